The zero-order valence-corrected chi connectivity index (χ0v) is 19.9. The van der Waals surface area contributed by atoms with Gasteiger partial charge in [0.1, 0.15) is 0 Å². The third kappa shape index (κ3) is 11.8. The van der Waals surface area contributed by atoms with Gasteiger partial charge in [0.25, 0.3) is 0 Å². The Labute approximate surface area is 187 Å². The molecule has 1 amide bonds. The van der Waals surface area contributed by atoms with E-state index in [4.69, 9.17) is 23.2 Å². The lowest BCUT2D eigenvalue weighted by molar-refractivity contribution is -0.105. The molecule has 29 heavy (non-hydrogen) atoms. The molecule has 0 aliphatic carbocycles. The SMILES string of the molecule is CC.CCCN(CCCC(C)C)c1c(Cl)cccc1Cl.O=CNc1ccccc1. The van der Waals surface area contributed by atoms with E-state index in [2.05, 4.69) is 31.0 Å². The minimum atomic E-state index is 0.662. The number of halogens is 2. The molecule has 162 valence electrons. The Bertz CT molecular complexity index is 643. The van der Waals surface area contributed by atoms with Crippen LogP contribution in [0.15, 0.2) is 48.5 Å². The van der Waals surface area contributed by atoms with Crippen LogP contribution in [-0.2, 0) is 4.79 Å². The number of nitrogens with zero attached hydrogens (tertiary/aromatic N) is 1. The van der Waals surface area contributed by atoms with Crippen LogP contribution < -0.4 is 10.2 Å². The summed E-state index contributed by atoms with van der Waals surface area (Å²) in [6.45, 7) is 12.7. The summed E-state index contributed by atoms with van der Waals surface area (Å²) in [5, 5.41) is 4.03. The average molecular weight is 439 g/mol. The van der Waals surface area contributed by atoms with Crippen molar-refractivity contribution in [3.05, 3.63) is 58.6 Å². The highest BCUT2D eigenvalue weighted by atomic mass is 35.5. The predicted molar refractivity (Wildman–Crippen MR) is 131 cm³/mol. The Balaban J connectivity index is 0.000000595. The number of hydrogen-bond donors (Lipinski definition) is 1. The van der Waals surface area contributed by atoms with Gasteiger partial charge in [-0.2, -0.15) is 0 Å². The molecule has 3 nitrogen and oxygen atoms in total. The zero-order chi connectivity index (χ0) is 22.1. The first-order valence-electron chi connectivity index (χ1n) is 10.4. The summed E-state index contributed by atoms with van der Waals surface area (Å²) in [5.41, 5.74) is 1.82. The molecule has 0 aromatic heterocycles. The largest absolute Gasteiger partial charge is 0.369 e. The van der Waals surface area contributed by atoms with Gasteiger partial charge in [-0.3, -0.25) is 4.79 Å². The van der Waals surface area contributed by atoms with Gasteiger partial charge in [0.2, 0.25) is 6.41 Å². The van der Waals surface area contributed by atoms with E-state index in [-0.39, 0.29) is 0 Å². The Morgan fingerprint density at radius 2 is 1.55 bits per heavy atom. The monoisotopic (exact) mass is 438 g/mol. The first-order valence-corrected chi connectivity index (χ1v) is 11.2. The molecule has 2 rings (SSSR count). The van der Waals surface area contributed by atoms with Crippen molar-refractivity contribution < 1.29 is 4.79 Å². The molecule has 5 heteroatoms. The molecular formula is C24H36Cl2N2O. The fourth-order valence-electron chi connectivity index (χ4n) is 2.69. The molecule has 2 aromatic carbocycles. The van der Waals surface area contributed by atoms with Gasteiger partial charge in [-0.25, -0.2) is 0 Å². The van der Waals surface area contributed by atoms with E-state index >= 15 is 0 Å². The van der Waals surface area contributed by atoms with Gasteiger partial charge in [-0.1, -0.05) is 82.1 Å². The van der Waals surface area contributed by atoms with Crippen molar-refractivity contribution in [2.75, 3.05) is 23.3 Å². The number of amides is 1. The van der Waals surface area contributed by atoms with Gasteiger partial charge in [-0.15, -0.1) is 0 Å². The average Bonchev–Trinajstić information content (AvgIpc) is 2.71. The quantitative estimate of drug-likeness (QED) is 0.402. The van der Waals surface area contributed by atoms with Crippen molar-refractivity contribution in [1.82, 2.24) is 0 Å². The van der Waals surface area contributed by atoms with E-state index in [1.807, 2.05) is 62.4 Å². The Morgan fingerprint density at radius 1 is 0.966 bits per heavy atom. The summed E-state index contributed by atoms with van der Waals surface area (Å²) in [6.07, 6.45) is 4.18. The lowest BCUT2D eigenvalue weighted by Gasteiger charge is -2.26. The summed E-state index contributed by atoms with van der Waals surface area (Å²) >= 11 is 12.6. The van der Waals surface area contributed by atoms with Gasteiger partial charge in [0.05, 0.1) is 15.7 Å². The molecule has 0 saturated heterocycles. The van der Waals surface area contributed by atoms with E-state index in [1.165, 1.54) is 12.8 Å². The van der Waals surface area contributed by atoms with E-state index in [0.29, 0.717) is 6.41 Å². The maximum atomic E-state index is 9.86. The Hall–Kier alpha value is -1.71. The maximum absolute atomic E-state index is 9.86. The zero-order valence-electron chi connectivity index (χ0n) is 18.4. The van der Waals surface area contributed by atoms with E-state index in [0.717, 1.165) is 46.8 Å². The van der Waals surface area contributed by atoms with Crippen LogP contribution in [0, 0.1) is 5.92 Å². The van der Waals surface area contributed by atoms with Crippen LogP contribution in [0.5, 0.6) is 0 Å². The van der Waals surface area contributed by atoms with E-state index in [9.17, 15) is 4.79 Å². The number of nitrogens with one attached hydrogen (secondary N) is 1. The standard InChI is InChI=1S/C15H23Cl2N.C7H7NO.C2H6/c1-4-10-18(11-6-7-12(2)3)15-13(16)8-5-9-14(15)17;9-6-8-7-4-2-1-3-5-7;1-2/h5,8-9,12H,4,6-7,10-11H2,1-3H3;1-6H,(H,8,9);1-2H3. The highest BCUT2D eigenvalue weighted by Crippen LogP contribution is 2.33. The molecule has 0 atom stereocenters. The van der Waals surface area contributed by atoms with E-state index < -0.39 is 0 Å². The van der Waals surface area contributed by atoms with Crippen molar-refractivity contribution >= 4 is 41.0 Å². The number of carbonyl (C=O) groups is 1. The number of hydrogen-bond acceptors (Lipinski definition) is 2. The van der Waals surface area contributed by atoms with Crippen LogP contribution in [0.1, 0.15) is 53.9 Å². The summed E-state index contributed by atoms with van der Waals surface area (Å²) in [7, 11) is 0. The molecule has 0 aliphatic rings. The fourth-order valence-corrected chi connectivity index (χ4v) is 3.33. The van der Waals surface area contributed by atoms with Crippen molar-refractivity contribution in [3.8, 4) is 0 Å². The second-order valence-corrected chi connectivity index (χ2v) is 7.54. The molecule has 0 bridgehead atoms. The van der Waals surface area contributed by atoms with Crippen molar-refractivity contribution in [2.24, 2.45) is 5.92 Å². The molecule has 2 aromatic rings. The highest BCUT2D eigenvalue weighted by Gasteiger charge is 2.13. The number of carbonyl (C=O) groups excluding carboxylic acids is 1. The van der Waals surface area contributed by atoms with Gasteiger partial charge in [0, 0.05) is 18.8 Å². The minimum Gasteiger partial charge on any atom is -0.369 e. The summed E-state index contributed by atoms with van der Waals surface area (Å²) in [6, 6.07) is 15.0. The van der Waals surface area contributed by atoms with Crippen molar-refractivity contribution in [3.63, 3.8) is 0 Å². The predicted octanol–water partition coefficient (Wildman–Crippen LogP) is 7.93. The summed E-state index contributed by atoms with van der Waals surface area (Å²) in [4.78, 5) is 12.2. The number of benzene rings is 2. The molecule has 0 aliphatic heterocycles. The third-order valence-corrected chi connectivity index (χ3v) is 4.57. The lowest BCUT2D eigenvalue weighted by Crippen LogP contribution is -2.26. The summed E-state index contributed by atoms with van der Waals surface area (Å²) < 4.78 is 0. The van der Waals surface area contributed by atoms with Gasteiger partial charge < -0.3 is 10.2 Å². The van der Waals surface area contributed by atoms with Crippen LogP contribution >= 0.6 is 23.2 Å². The fraction of sp³-hybridized carbons (Fsp3) is 0.458. The van der Waals surface area contributed by atoms with Gasteiger partial charge in [0.15, 0.2) is 0 Å². The smallest absolute Gasteiger partial charge is 0.211 e. The van der Waals surface area contributed by atoms with E-state index in [1.54, 1.807) is 0 Å². The first-order chi connectivity index (χ1) is 14.0. The molecular weight excluding hydrogens is 403 g/mol. The molecule has 0 spiro atoms. The Kier molecular flexibility index (Phi) is 16.2. The number of para-hydroxylation sites is 2. The third-order valence-electron chi connectivity index (χ3n) is 3.96. The van der Waals surface area contributed by atoms with Crippen LogP contribution in [0.3, 0.4) is 0 Å². The molecule has 1 N–H and O–H groups in total. The minimum absolute atomic E-state index is 0.662. The second-order valence-electron chi connectivity index (χ2n) is 6.72. The molecule has 0 heterocycles. The lowest BCUT2D eigenvalue weighted by atomic mass is 10.1. The van der Waals surface area contributed by atoms with Crippen molar-refractivity contribution in [1.29, 1.82) is 0 Å². The maximum Gasteiger partial charge on any atom is 0.211 e. The van der Waals surface area contributed by atoms with Crippen LogP contribution in [-0.4, -0.2) is 19.5 Å². The number of anilines is 2. The van der Waals surface area contributed by atoms with Crippen LogP contribution in [0.25, 0.3) is 0 Å². The van der Waals surface area contributed by atoms with Crippen molar-refractivity contribution in [2.45, 2.75) is 53.9 Å². The molecule has 0 radical (unpaired) electrons. The van der Waals surface area contributed by atoms with Gasteiger partial charge in [-0.05, 0) is 49.4 Å². The van der Waals surface area contributed by atoms with Gasteiger partial charge >= 0.3 is 0 Å². The molecule has 0 unspecified atom stereocenters. The summed E-state index contributed by atoms with van der Waals surface area (Å²) in [5.74, 6) is 0.746. The number of rotatable bonds is 9. The molecule has 0 saturated carbocycles. The topological polar surface area (TPSA) is 32.3 Å². The van der Waals surface area contributed by atoms with Crippen LogP contribution in [0.2, 0.25) is 10.0 Å². The Morgan fingerprint density at radius 3 is 2.03 bits per heavy atom. The van der Waals surface area contributed by atoms with Crippen LogP contribution in [0.4, 0.5) is 11.4 Å². The highest BCUT2D eigenvalue weighted by molar-refractivity contribution is 6.39. The normalized spacial score (nSPS) is 9.66. The first kappa shape index (κ1) is 27.3. The molecule has 0 fully saturated rings. The second kappa shape index (κ2) is 17.2.